The van der Waals surface area contributed by atoms with Gasteiger partial charge in [-0.2, -0.15) is 101 Å². The Kier molecular flexibility index (Phi) is 16.2. The average Bonchev–Trinajstić information content (AvgIpc) is 3.14. The molecule has 1 fully saturated rings. The van der Waals surface area contributed by atoms with E-state index < -0.39 is 0 Å². The fourth-order valence-corrected chi connectivity index (χ4v) is 17.4. The van der Waals surface area contributed by atoms with Crippen LogP contribution in [0.1, 0.15) is 12.8 Å². The maximum absolute atomic E-state index is 5.08. The molecule has 0 aromatic carbocycles. The third kappa shape index (κ3) is 8.89. The van der Waals surface area contributed by atoms with Gasteiger partial charge in [-0.15, -0.1) is 70.6 Å². The maximum Gasteiger partial charge on any atom is 0.0693 e. The van der Waals surface area contributed by atoms with E-state index in [-0.39, 0.29) is 15.2 Å². The lowest BCUT2D eigenvalue weighted by molar-refractivity contribution is 0.370. The van der Waals surface area contributed by atoms with Gasteiger partial charge < -0.3 is 0 Å². The van der Waals surface area contributed by atoms with Crippen LogP contribution in [0.25, 0.3) is 0 Å². The van der Waals surface area contributed by atoms with Crippen molar-refractivity contribution in [1.29, 1.82) is 0 Å². The molecule has 0 bridgehead atoms. The van der Waals surface area contributed by atoms with Gasteiger partial charge >= 0.3 is 0 Å². The van der Waals surface area contributed by atoms with Crippen LogP contribution >= 0.6 is 172 Å². The van der Waals surface area contributed by atoms with Crippen molar-refractivity contribution in [3.8, 4) is 0 Å². The van der Waals surface area contributed by atoms with E-state index in [1.54, 1.807) is 0 Å². The third-order valence-corrected chi connectivity index (χ3v) is 18.4. The van der Waals surface area contributed by atoms with Crippen LogP contribution < -0.4 is 0 Å². The Hall–Kier alpha value is 4.64. The molecule has 1 aliphatic carbocycles. The zero-order chi connectivity index (χ0) is 22.3. The molecule has 0 amide bonds. The lowest BCUT2D eigenvalue weighted by atomic mass is 9.79. The second kappa shape index (κ2) is 15.8. The van der Waals surface area contributed by atoms with Crippen molar-refractivity contribution in [2.45, 2.75) is 48.4 Å². The van der Waals surface area contributed by atoms with Crippen molar-refractivity contribution in [2.24, 2.45) is 0 Å². The largest absolute Gasteiger partial charge is 0.178 e. The van der Waals surface area contributed by atoms with Gasteiger partial charge in [0.2, 0.25) is 0 Å². The summed E-state index contributed by atoms with van der Waals surface area (Å²) < 4.78 is 3.16. The van der Waals surface area contributed by atoms with Crippen LogP contribution in [0.15, 0.2) is 8.47 Å². The van der Waals surface area contributed by atoms with Gasteiger partial charge in [0.15, 0.2) is 0 Å². The Balaban J connectivity index is 2.20. The first-order valence-corrected chi connectivity index (χ1v) is 19.4. The first kappa shape index (κ1) is 30.9. The van der Waals surface area contributed by atoms with Gasteiger partial charge in [0.1, 0.15) is 0 Å². The molecule has 2 rings (SSSR count). The molecule has 0 spiro atoms. The Bertz CT molecular complexity index is 550. The van der Waals surface area contributed by atoms with E-state index >= 15 is 0 Å². The summed E-state index contributed by atoms with van der Waals surface area (Å²) in [6.07, 6.45) is 2.05. The third-order valence-electron chi connectivity index (χ3n) is 4.59. The van der Waals surface area contributed by atoms with Gasteiger partial charge in [-0.05, 0) is 12.8 Å². The smallest absolute Gasteiger partial charge is 0.0693 e. The molecule has 1 heterocycles. The minimum Gasteiger partial charge on any atom is -0.178 e. The Labute approximate surface area is 251 Å². The van der Waals surface area contributed by atoms with Crippen molar-refractivity contribution < 1.29 is 0 Å². The van der Waals surface area contributed by atoms with E-state index in [0.717, 1.165) is 39.6 Å². The summed E-state index contributed by atoms with van der Waals surface area (Å²) in [5.41, 5.74) is 0. The summed E-state index contributed by atoms with van der Waals surface area (Å²) in [5.74, 6) is 1.50. The molecule has 2 aliphatic rings. The van der Waals surface area contributed by atoms with Crippen molar-refractivity contribution in [3.63, 3.8) is 0 Å². The summed E-state index contributed by atoms with van der Waals surface area (Å²) in [4.78, 5) is 0. The first-order chi connectivity index (χ1) is 14.3. The molecule has 5 atom stereocenters. The topological polar surface area (TPSA) is 0 Å². The molecule has 1 saturated carbocycles. The van der Waals surface area contributed by atoms with E-state index in [1.807, 2.05) is 70.6 Å². The van der Waals surface area contributed by atoms with Crippen molar-refractivity contribution in [1.82, 2.24) is 0 Å². The van der Waals surface area contributed by atoms with Crippen LogP contribution in [-0.2, 0) is 0 Å². The number of hydrogen-bond donors (Lipinski definition) is 8. The molecule has 14 heteroatoms. The van der Waals surface area contributed by atoms with Crippen molar-refractivity contribution >= 4 is 172 Å². The highest BCUT2D eigenvalue weighted by Gasteiger charge is 2.49. The highest BCUT2D eigenvalue weighted by molar-refractivity contribution is 8.39. The molecule has 5 unspecified atom stereocenters. The first-order valence-electron chi connectivity index (χ1n) is 9.06. The van der Waals surface area contributed by atoms with Gasteiger partial charge in [0.05, 0.1) is 13.1 Å². The molecule has 0 aromatic rings. The highest BCUT2D eigenvalue weighted by Crippen LogP contribution is 2.59. The summed E-state index contributed by atoms with van der Waals surface area (Å²) in [6, 6.07) is 0. The second-order valence-corrected chi connectivity index (χ2v) is 19.6. The quantitative estimate of drug-likeness (QED) is 0.0707. The molecule has 176 valence electrons. The normalized spacial score (nSPS) is 29.4. The minimum atomic E-state index is -0.0191. The van der Waals surface area contributed by atoms with Crippen LogP contribution in [0.3, 0.4) is 0 Å². The predicted molar refractivity (Wildman–Crippen MR) is 183 cm³/mol. The molecule has 1 aliphatic heterocycles. The van der Waals surface area contributed by atoms with E-state index in [1.165, 1.54) is 8.47 Å². The number of thioether (sulfide) groups is 6. The van der Waals surface area contributed by atoms with Gasteiger partial charge in [-0.1, -0.05) is 0 Å². The van der Waals surface area contributed by atoms with Crippen molar-refractivity contribution in [2.75, 3.05) is 26.8 Å². The van der Waals surface area contributed by atoms with Gasteiger partial charge in [0, 0.05) is 57.8 Å². The monoisotopic (exact) mass is 668 g/mol. The van der Waals surface area contributed by atoms with Crippen LogP contribution in [0.4, 0.5) is 0 Å². The molecular formula is C16H28S14. The average molecular weight is 669 g/mol. The minimum absolute atomic E-state index is 0.0191. The van der Waals surface area contributed by atoms with Gasteiger partial charge in [-0.3, -0.25) is 0 Å². The Morgan fingerprint density at radius 3 is 1.97 bits per heavy atom. The van der Waals surface area contributed by atoms with Crippen molar-refractivity contribution in [3.05, 3.63) is 8.47 Å². The molecule has 0 N–H and O–H groups in total. The van der Waals surface area contributed by atoms with E-state index in [2.05, 4.69) is 63.1 Å². The van der Waals surface area contributed by atoms with Crippen LogP contribution in [-0.4, -0.2) is 62.3 Å². The van der Waals surface area contributed by atoms with Crippen LogP contribution in [0.2, 0.25) is 0 Å². The standard InChI is InChI=1S/C16H28S14/c17-3-9(22)11(25-5-19)13(26-6-20)30-15-14(27-7-28-15)29-12(10(23)4-18)16(24)1-8(21)2-16/h8-13,17-24H,1-7H2. The fraction of sp³-hybridized carbons (Fsp3) is 0.875. The maximum atomic E-state index is 5.08. The molecule has 0 nitrogen and oxygen atoms in total. The second-order valence-electron chi connectivity index (χ2n) is 6.73. The van der Waals surface area contributed by atoms with Crippen LogP contribution in [0, 0.1) is 0 Å². The number of rotatable bonds is 14. The van der Waals surface area contributed by atoms with Gasteiger partial charge in [-0.25, -0.2) is 0 Å². The molecule has 0 saturated heterocycles. The van der Waals surface area contributed by atoms with Gasteiger partial charge in [0.25, 0.3) is 0 Å². The number of thiol groups is 8. The lowest BCUT2D eigenvalue weighted by Crippen LogP contribution is -2.51. The predicted octanol–water partition coefficient (Wildman–Crippen LogP) is 7.54. The zero-order valence-corrected chi connectivity index (χ0v) is 28.0. The fourth-order valence-electron chi connectivity index (χ4n) is 3.10. The SMILES string of the molecule is SCSC(SC1=C(SC(C(S)CS)C2(S)CC(S)C2)SCS1)C(SCS)C(S)CS. The zero-order valence-electron chi connectivity index (χ0n) is 15.9. The summed E-state index contributed by atoms with van der Waals surface area (Å²) in [7, 11) is 0. The summed E-state index contributed by atoms with van der Waals surface area (Å²) in [6.45, 7) is 0. The Morgan fingerprint density at radius 2 is 1.47 bits per heavy atom. The summed E-state index contributed by atoms with van der Waals surface area (Å²) >= 11 is 49.0. The Morgan fingerprint density at radius 1 is 0.900 bits per heavy atom. The molecule has 0 aromatic heterocycles. The number of hydrogen-bond acceptors (Lipinski definition) is 14. The lowest BCUT2D eigenvalue weighted by Gasteiger charge is -2.49. The van der Waals surface area contributed by atoms with Crippen LogP contribution in [0.5, 0.6) is 0 Å². The van der Waals surface area contributed by atoms with E-state index in [4.69, 9.17) is 37.9 Å². The highest BCUT2D eigenvalue weighted by atomic mass is 32.3. The van der Waals surface area contributed by atoms with E-state index in [9.17, 15) is 0 Å². The molecular weight excluding hydrogens is 641 g/mol. The summed E-state index contributed by atoms with van der Waals surface area (Å²) in [5, 5.41) is 4.15. The van der Waals surface area contributed by atoms with E-state index in [0.29, 0.717) is 20.3 Å². The molecule has 30 heavy (non-hydrogen) atoms. The molecule has 0 radical (unpaired) electrons.